The van der Waals surface area contributed by atoms with Crippen LogP contribution in [0.2, 0.25) is 0 Å². The molecule has 0 saturated heterocycles. The molecule has 1 amide bonds. The smallest absolute Gasteiger partial charge is 0.260 e. The first-order valence-electron chi connectivity index (χ1n) is 9.07. The minimum Gasteiger partial charge on any atom is -0.497 e. The molecule has 0 unspecified atom stereocenters. The predicted molar refractivity (Wildman–Crippen MR) is 125 cm³/mol. The van der Waals surface area contributed by atoms with Crippen LogP contribution in [0.15, 0.2) is 39.9 Å². The van der Waals surface area contributed by atoms with E-state index in [2.05, 4.69) is 26.5 Å². The Labute approximate surface area is 195 Å². The number of methoxy groups -OCH3 is 4. The van der Waals surface area contributed by atoms with Crippen LogP contribution in [0.4, 0.5) is 5.69 Å². The summed E-state index contributed by atoms with van der Waals surface area (Å²) in [5.74, 6) is 1.06. The summed E-state index contributed by atoms with van der Waals surface area (Å²) < 4.78 is 47.1. The number of ether oxygens (including phenoxy) is 4. The van der Waals surface area contributed by atoms with Gasteiger partial charge < -0.3 is 18.9 Å². The molecule has 0 aliphatic rings. The third-order valence-corrected chi connectivity index (χ3v) is 5.92. The van der Waals surface area contributed by atoms with Gasteiger partial charge in [-0.3, -0.25) is 9.10 Å². The Morgan fingerprint density at radius 2 is 1.75 bits per heavy atom. The second kappa shape index (κ2) is 11.0. The molecule has 0 spiro atoms. The first-order chi connectivity index (χ1) is 15.1. The number of nitrogens with zero attached hydrogens (tertiary/aromatic N) is 2. The maximum absolute atomic E-state index is 12.4. The average Bonchev–Trinajstić information content (AvgIpc) is 2.75. The standard InChI is InChI=1S/C20H24BrN3O7S/c1-28-14-6-7-16(17(10-14)29-2)24(32(5,26)27)12-19(25)23-22-11-13-8-15(21)20(31-4)18(9-13)30-3/h6-11H,12H2,1-5H3,(H,23,25)/b22-11-. The van der Waals surface area contributed by atoms with Gasteiger partial charge in [0, 0.05) is 6.07 Å². The van der Waals surface area contributed by atoms with E-state index in [-0.39, 0.29) is 11.4 Å². The highest BCUT2D eigenvalue weighted by molar-refractivity contribution is 9.10. The number of hydrazone groups is 1. The van der Waals surface area contributed by atoms with Crippen molar-refractivity contribution in [1.82, 2.24) is 5.43 Å². The zero-order valence-corrected chi connectivity index (χ0v) is 20.6. The van der Waals surface area contributed by atoms with Gasteiger partial charge in [0.1, 0.15) is 18.0 Å². The average molecular weight is 530 g/mol. The van der Waals surface area contributed by atoms with Crippen LogP contribution in [0, 0.1) is 0 Å². The number of halogens is 1. The van der Waals surface area contributed by atoms with E-state index in [1.165, 1.54) is 46.8 Å². The summed E-state index contributed by atoms with van der Waals surface area (Å²) in [4.78, 5) is 12.4. The summed E-state index contributed by atoms with van der Waals surface area (Å²) in [6.07, 6.45) is 2.39. The van der Waals surface area contributed by atoms with E-state index < -0.39 is 22.5 Å². The van der Waals surface area contributed by atoms with Crippen LogP contribution in [0.3, 0.4) is 0 Å². The number of carbonyl (C=O) groups excluding carboxylic acids is 1. The number of amides is 1. The normalized spacial score (nSPS) is 11.2. The van der Waals surface area contributed by atoms with Gasteiger partial charge in [0.15, 0.2) is 11.5 Å². The molecule has 0 aromatic heterocycles. The number of sulfonamides is 1. The highest BCUT2D eigenvalue weighted by Gasteiger charge is 2.24. The molecule has 0 heterocycles. The number of hydrogen-bond donors (Lipinski definition) is 1. The van der Waals surface area contributed by atoms with Crippen molar-refractivity contribution in [3.8, 4) is 23.0 Å². The monoisotopic (exact) mass is 529 g/mol. The molecule has 0 aliphatic heterocycles. The first-order valence-corrected chi connectivity index (χ1v) is 11.7. The van der Waals surface area contributed by atoms with Gasteiger partial charge in [0.2, 0.25) is 10.0 Å². The quantitative estimate of drug-likeness (QED) is 0.371. The lowest BCUT2D eigenvalue weighted by atomic mass is 10.2. The van der Waals surface area contributed by atoms with Gasteiger partial charge in [-0.2, -0.15) is 5.10 Å². The SMILES string of the molecule is COc1ccc(N(CC(=O)N/N=C\c2cc(Br)c(OC)c(OC)c2)S(C)(=O)=O)c(OC)c1. The van der Waals surface area contributed by atoms with Crippen LogP contribution in [0.1, 0.15) is 5.56 Å². The molecule has 0 atom stereocenters. The maximum atomic E-state index is 12.4. The summed E-state index contributed by atoms with van der Waals surface area (Å²) in [6, 6.07) is 7.99. The molecule has 2 aromatic carbocycles. The number of rotatable bonds is 10. The van der Waals surface area contributed by atoms with Crippen LogP contribution >= 0.6 is 15.9 Å². The molecule has 0 radical (unpaired) electrons. The minimum absolute atomic E-state index is 0.193. The second-order valence-electron chi connectivity index (χ2n) is 6.34. The number of nitrogens with one attached hydrogen (secondary N) is 1. The summed E-state index contributed by atoms with van der Waals surface area (Å²) >= 11 is 3.38. The van der Waals surface area contributed by atoms with Gasteiger partial charge >= 0.3 is 0 Å². The number of anilines is 1. The predicted octanol–water partition coefficient (Wildman–Crippen LogP) is 2.40. The van der Waals surface area contributed by atoms with Gasteiger partial charge in [-0.15, -0.1) is 0 Å². The highest BCUT2D eigenvalue weighted by Crippen LogP contribution is 2.36. The second-order valence-corrected chi connectivity index (χ2v) is 9.10. The molecule has 10 nitrogen and oxygen atoms in total. The van der Waals surface area contributed by atoms with Crippen molar-refractivity contribution in [3.05, 3.63) is 40.4 Å². The molecule has 12 heteroatoms. The van der Waals surface area contributed by atoms with E-state index >= 15 is 0 Å². The van der Waals surface area contributed by atoms with Crippen molar-refractivity contribution in [3.63, 3.8) is 0 Å². The van der Waals surface area contributed by atoms with Gasteiger partial charge in [-0.1, -0.05) is 0 Å². The molecule has 0 aliphatic carbocycles. The fraction of sp³-hybridized carbons (Fsp3) is 0.300. The van der Waals surface area contributed by atoms with Crippen molar-refractivity contribution in [2.75, 3.05) is 45.5 Å². The van der Waals surface area contributed by atoms with Crippen LogP contribution in [-0.4, -0.2) is 61.8 Å². The van der Waals surface area contributed by atoms with Crippen LogP contribution in [0.5, 0.6) is 23.0 Å². The fourth-order valence-electron chi connectivity index (χ4n) is 2.73. The molecular formula is C20H24BrN3O7S. The summed E-state index contributed by atoms with van der Waals surface area (Å²) in [5, 5.41) is 3.90. The number of hydrogen-bond acceptors (Lipinski definition) is 8. The maximum Gasteiger partial charge on any atom is 0.260 e. The zero-order valence-electron chi connectivity index (χ0n) is 18.2. The van der Waals surface area contributed by atoms with Gasteiger partial charge in [-0.05, 0) is 45.8 Å². The van der Waals surface area contributed by atoms with Gasteiger partial charge in [0.05, 0.1) is 51.1 Å². The van der Waals surface area contributed by atoms with Crippen molar-refractivity contribution in [2.45, 2.75) is 0 Å². The third-order valence-electron chi connectivity index (χ3n) is 4.20. The van der Waals surface area contributed by atoms with Crippen molar-refractivity contribution in [1.29, 1.82) is 0 Å². The Morgan fingerprint density at radius 1 is 1.06 bits per heavy atom. The largest absolute Gasteiger partial charge is 0.497 e. The molecule has 2 aromatic rings. The fourth-order valence-corrected chi connectivity index (χ4v) is 4.21. The van der Waals surface area contributed by atoms with E-state index in [9.17, 15) is 13.2 Å². The van der Waals surface area contributed by atoms with Crippen LogP contribution < -0.4 is 28.7 Å². The highest BCUT2D eigenvalue weighted by atomic mass is 79.9. The summed E-state index contributed by atoms with van der Waals surface area (Å²) in [7, 11) is 2.09. The Bertz CT molecular complexity index is 1110. The lowest BCUT2D eigenvalue weighted by Crippen LogP contribution is -2.39. The zero-order chi connectivity index (χ0) is 23.9. The van der Waals surface area contributed by atoms with Crippen molar-refractivity contribution < 1.29 is 32.2 Å². The van der Waals surface area contributed by atoms with E-state index in [1.54, 1.807) is 18.2 Å². The van der Waals surface area contributed by atoms with E-state index in [1.807, 2.05) is 0 Å². The topological polar surface area (TPSA) is 116 Å². The minimum atomic E-state index is -3.80. The Hall–Kier alpha value is -2.99. The van der Waals surface area contributed by atoms with Crippen molar-refractivity contribution in [2.24, 2.45) is 5.10 Å². The Kier molecular flexibility index (Phi) is 8.72. The van der Waals surface area contributed by atoms with Crippen LogP contribution in [0.25, 0.3) is 0 Å². The third kappa shape index (κ3) is 6.26. The number of benzene rings is 2. The number of carbonyl (C=O) groups is 1. The molecule has 0 saturated carbocycles. The van der Waals surface area contributed by atoms with Crippen LogP contribution in [-0.2, 0) is 14.8 Å². The van der Waals surface area contributed by atoms with E-state index in [0.29, 0.717) is 27.3 Å². The molecule has 0 bridgehead atoms. The summed E-state index contributed by atoms with van der Waals surface area (Å²) in [5.41, 5.74) is 3.13. The molecule has 174 valence electrons. The molecule has 0 fully saturated rings. The van der Waals surface area contributed by atoms with Gasteiger partial charge in [0.25, 0.3) is 5.91 Å². The lowest BCUT2D eigenvalue weighted by molar-refractivity contribution is -0.119. The van der Waals surface area contributed by atoms with E-state index in [0.717, 1.165) is 10.6 Å². The Morgan fingerprint density at radius 3 is 2.31 bits per heavy atom. The van der Waals surface area contributed by atoms with Gasteiger partial charge in [-0.25, -0.2) is 13.8 Å². The van der Waals surface area contributed by atoms with Crippen molar-refractivity contribution >= 4 is 43.8 Å². The molecule has 1 N–H and O–H groups in total. The Balaban J connectivity index is 2.20. The summed E-state index contributed by atoms with van der Waals surface area (Å²) in [6.45, 7) is -0.505. The molecule has 32 heavy (non-hydrogen) atoms. The van der Waals surface area contributed by atoms with E-state index in [4.69, 9.17) is 18.9 Å². The molecule has 2 rings (SSSR count). The molecular weight excluding hydrogens is 506 g/mol. The lowest BCUT2D eigenvalue weighted by Gasteiger charge is -2.23. The first kappa shape index (κ1) is 25.3.